The van der Waals surface area contributed by atoms with Crippen LogP contribution in [0.25, 0.3) is 0 Å². The van der Waals surface area contributed by atoms with E-state index >= 15 is 0 Å². The van der Waals surface area contributed by atoms with Crippen molar-refractivity contribution in [1.29, 1.82) is 5.26 Å². The van der Waals surface area contributed by atoms with Crippen molar-refractivity contribution in [2.45, 2.75) is 63.1 Å². The number of hydrogen-bond acceptors (Lipinski definition) is 8. The number of fused-ring (bicyclic) bond motifs is 2. The van der Waals surface area contributed by atoms with Crippen LogP contribution in [0.2, 0.25) is 0 Å². The number of rotatable bonds is 10. The topological polar surface area (TPSA) is 136 Å². The van der Waals surface area contributed by atoms with Gasteiger partial charge in [-0.3, -0.25) is 24.5 Å². The number of allylic oxidation sites excluding steroid dienone is 1. The Morgan fingerprint density at radius 2 is 1.53 bits per heavy atom. The number of sulfonamides is 1. The predicted octanol–water partition coefficient (Wildman–Crippen LogP) is 3.62. The van der Waals surface area contributed by atoms with E-state index in [1.807, 2.05) is 24.3 Å². The van der Waals surface area contributed by atoms with Gasteiger partial charge in [-0.1, -0.05) is 0 Å². The van der Waals surface area contributed by atoms with Gasteiger partial charge >= 0.3 is 0 Å². The first-order chi connectivity index (χ1) is 21.7. The van der Waals surface area contributed by atoms with Gasteiger partial charge in [0.2, 0.25) is 10.0 Å². The average Bonchev–Trinajstić information content (AvgIpc) is 3.47. The van der Waals surface area contributed by atoms with Gasteiger partial charge in [0.25, 0.3) is 5.91 Å². The third-order valence-corrected chi connectivity index (χ3v) is 11.2. The van der Waals surface area contributed by atoms with Crippen LogP contribution >= 0.6 is 0 Å². The zero-order chi connectivity index (χ0) is 31.6. The summed E-state index contributed by atoms with van der Waals surface area (Å²) in [5.74, 6) is 0.158. The molecule has 6 rings (SSSR count). The van der Waals surface area contributed by atoms with Crippen LogP contribution in [-0.2, 0) is 27.7 Å². The summed E-state index contributed by atoms with van der Waals surface area (Å²) in [6, 6.07) is 15.9. The molecule has 1 N–H and O–H groups in total. The number of nitrogens with zero attached hydrogens (tertiary/aromatic N) is 5. The van der Waals surface area contributed by atoms with E-state index in [4.69, 9.17) is 0 Å². The number of amides is 1. The number of benzene rings is 1. The van der Waals surface area contributed by atoms with E-state index in [9.17, 15) is 23.3 Å². The summed E-state index contributed by atoms with van der Waals surface area (Å²) in [5, 5.41) is 12.7. The van der Waals surface area contributed by atoms with Gasteiger partial charge in [-0.2, -0.15) is 9.57 Å². The predicted molar refractivity (Wildman–Crippen MR) is 168 cm³/mol. The summed E-state index contributed by atoms with van der Waals surface area (Å²) in [5.41, 5.74) is 1.64. The summed E-state index contributed by atoms with van der Waals surface area (Å²) in [6.07, 6.45) is 12.0. The molecule has 2 aromatic heterocycles. The zero-order valence-electron chi connectivity index (χ0n) is 25.2. The molecule has 3 aliphatic heterocycles. The summed E-state index contributed by atoms with van der Waals surface area (Å²) >= 11 is 0. The first kappa shape index (κ1) is 30.6. The van der Waals surface area contributed by atoms with Crippen LogP contribution in [0, 0.1) is 17.2 Å². The van der Waals surface area contributed by atoms with Crippen molar-refractivity contribution in [1.82, 2.24) is 24.5 Å². The molecule has 232 valence electrons. The van der Waals surface area contributed by atoms with Crippen LogP contribution in [0.5, 0.6) is 0 Å². The van der Waals surface area contributed by atoms with Crippen LogP contribution in [0.1, 0.15) is 59.7 Å². The number of piperidine rings is 1. The molecule has 3 saturated heterocycles. The molecule has 0 aliphatic carbocycles. The van der Waals surface area contributed by atoms with E-state index in [0.29, 0.717) is 49.2 Å². The number of nitrogens with one attached hydrogen (secondary N) is 1. The number of aromatic nitrogens is 2. The molecule has 3 fully saturated rings. The van der Waals surface area contributed by atoms with Crippen molar-refractivity contribution < 1.29 is 18.0 Å². The second kappa shape index (κ2) is 12.5. The Bertz CT molecular complexity index is 1680. The molecule has 0 saturated carbocycles. The van der Waals surface area contributed by atoms with E-state index in [1.165, 1.54) is 6.08 Å². The molecular weight excluding hydrogens is 588 g/mol. The van der Waals surface area contributed by atoms with Crippen molar-refractivity contribution in [3.63, 3.8) is 0 Å². The summed E-state index contributed by atoms with van der Waals surface area (Å²) in [4.78, 5) is 38.2. The second-order valence-corrected chi connectivity index (χ2v) is 14.4. The van der Waals surface area contributed by atoms with Crippen LogP contribution < -0.4 is 5.32 Å². The Labute approximate surface area is 263 Å². The monoisotopic (exact) mass is 624 g/mol. The molecule has 0 spiro atoms. The Morgan fingerprint density at radius 1 is 0.978 bits per heavy atom. The maximum Gasteiger partial charge on any atom is 0.254 e. The molecule has 2 unspecified atom stereocenters. The maximum atomic E-state index is 14.7. The minimum Gasteiger partial charge on any atom is -0.357 e. The standard InChI is InChI=1S/C34H36N6O4S/c1-2-45(43,44)40-29-7-8-30(40)18-27(17-29)23-39-32(19-31(41)28-5-3-26(22-35)4-6-28)38-34(33(39)42,20-24-9-13-36-14-10-24)21-25-11-15-37-16-12-25/h3-6,9-16,19,27,29-30,38H,2,7-8,17-18,20-21,23H2,1H3/b32-19+. The van der Waals surface area contributed by atoms with Crippen molar-refractivity contribution in [2.75, 3.05) is 12.3 Å². The number of hydrogen-bond donors (Lipinski definition) is 1. The molecule has 45 heavy (non-hydrogen) atoms. The molecule has 2 atom stereocenters. The normalized spacial score (nSPS) is 23.6. The fraction of sp³-hybridized carbons (Fsp3) is 0.382. The third kappa shape index (κ3) is 6.26. The number of nitriles is 1. The quantitative estimate of drug-likeness (QED) is 0.267. The van der Waals surface area contributed by atoms with Gasteiger partial charge < -0.3 is 5.32 Å². The van der Waals surface area contributed by atoms with Gasteiger partial charge in [-0.15, -0.1) is 0 Å². The minimum absolute atomic E-state index is 0.0719. The molecule has 1 aromatic carbocycles. The number of carbonyl (C=O) groups is 2. The van der Waals surface area contributed by atoms with E-state index in [2.05, 4.69) is 21.4 Å². The second-order valence-electron chi connectivity index (χ2n) is 12.2. The van der Waals surface area contributed by atoms with E-state index in [1.54, 1.807) is 65.2 Å². The van der Waals surface area contributed by atoms with Gasteiger partial charge in [0.1, 0.15) is 11.4 Å². The Morgan fingerprint density at radius 3 is 2.04 bits per heavy atom. The highest BCUT2D eigenvalue weighted by molar-refractivity contribution is 7.89. The Kier molecular flexibility index (Phi) is 8.53. The average molecular weight is 625 g/mol. The highest BCUT2D eigenvalue weighted by Gasteiger charge is 2.52. The first-order valence-electron chi connectivity index (χ1n) is 15.4. The van der Waals surface area contributed by atoms with E-state index in [-0.39, 0.29) is 35.4 Å². The molecule has 3 aliphatic rings. The van der Waals surface area contributed by atoms with Gasteiger partial charge in [0, 0.05) is 67.9 Å². The number of ketones is 1. The van der Waals surface area contributed by atoms with Crippen LogP contribution in [0.4, 0.5) is 0 Å². The molecule has 3 aromatic rings. The zero-order valence-corrected chi connectivity index (χ0v) is 26.0. The smallest absolute Gasteiger partial charge is 0.254 e. The highest BCUT2D eigenvalue weighted by Crippen LogP contribution is 2.42. The molecular formula is C34H36N6O4S. The molecule has 0 radical (unpaired) electrons. The molecule has 10 nitrogen and oxygen atoms in total. The van der Waals surface area contributed by atoms with Gasteiger partial charge in [-0.25, -0.2) is 8.42 Å². The van der Waals surface area contributed by atoms with E-state index < -0.39 is 15.6 Å². The fourth-order valence-electron chi connectivity index (χ4n) is 7.20. The van der Waals surface area contributed by atoms with Crippen molar-refractivity contribution in [3.8, 4) is 6.07 Å². The highest BCUT2D eigenvalue weighted by atomic mass is 32.2. The lowest BCUT2D eigenvalue weighted by atomic mass is 9.84. The Balaban J connectivity index is 1.36. The lowest BCUT2D eigenvalue weighted by Gasteiger charge is -2.39. The van der Waals surface area contributed by atoms with Crippen molar-refractivity contribution in [2.24, 2.45) is 5.92 Å². The lowest BCUT2D eigenvalue weighted by Crippen LogP contribution is -2.52. The third-order valence-electron chi connectivity index (χ3n) is 9.28. The lowest BCUT2D eigenvalue weighted by molar-refractivity contribution is -0.132. The van der Waals surface area contributed by atoms with Crippen LogP contribution in [0.3, 0.4) is 0 Å². The van der Waals surface area contributed by atoms with Gasteiger partial charge in [0.15, 0.2) is 5.78 Å². The molecule has 11 heteroatoms. The van der Waals surface area contributed by atoms with Crippen LogP contribution in [0.15, 0.2) is 85.2 Å². The van der Waals surface area contributed by atoms with Gasteiger partial charge in [0.05, 0.1) is 17.4 Å². The van der Waals surface area contributed by atoms with E-state index in [0.717, 1.165) is 24.0 Å². The fourth-order valence-corrected chi connectivity index (χ4v) is 8.79. The largest absolute Gasteiger partial charge is 0.357 e. The summed E-state index contributed by atoms with van der Waals surface area (Å²) < 4.78 is 27.5. The van der Waals surface area contributed by atoms with Crippen molar-refractivity contribution in [3.05, 3.63) is 107 Å². The Hall–Kier alpha value is -4.40. The first-order valence-corrected chi connectivity index (χ1v) is 17.0. The molecule has 1 amide bonds. The van der Waals surface area contributed by atoms with Crippen LogP contribution in [-0.4, -0.2) is 69.2 Å². The van der Waals surface area contributed by atoms with Gasteiger partial charge in [-0.05, 0) is 98.2 Å². The molecule has 5 heterocycles. The minimum atomic E-state index is -3.31. The van der Waals surface area contributed by atoms with Crippen molar-refractivity contribution >= 4 is 21.7 Å². The number of carbonyl (C=O) groups excluding carboxylic acids is 2. The SMILES string of the molecule is CCS(=O)(=O)N1C2CCC1CC(CN1C(=O)C(Cc3ccncc3)(Cc3ccncc3)N/C1=C\C(=O)c1ccc(C#N)cc1)C2. The maximum absolute atomic E-state index is 14.7. The summed E-state index contributed by atoms with van der Waals surface area (Å²) in [6.45, 7) is 2.06. The molecule has 2 bridgehead atoms. The summed E-state index contributed by atoms with van der Waals surface area (Å²) in [7, 11) is -3.31. The number of pyridine rings is 2.